The molecule has 0 spiro atoms. The van der Waals surface area contributed by atoms with Crippen molar-refractivity contribution in [3.63, 3.8) is 0 Å². The van der Waals surface area contributed by atoms with Gasteiger partial charge in [-0.25, -0.2) is 0 Å². The van der Waals surface area contributed by atoms with E-state index in [4.69, 9.17) is 5.11 Å². The van der Waals surface area contributed by atoms with Gasteiger partial charge in [0.1, 0.15) is 0 Å². The van der Waals surface area contributed by atoms with Gasteiger partial charge < -0.3 is 10.4 Å². The van der Waals surface area contributed by atoms with Crippen molar-refractivity contribution in [3.8, 4) is 0 Å². The standard InChI is InChI=1S/C16H23NO3S/c1-11-7-13(21-12(11)2)10-17-14(18)8-16(9-15(19)20)5-3-4-6-16/h7H,3-6,8-10H2,1-2H3,(H,17,18)(H,19,20). The number of thiophene rings is 1. The summed E-state index contributed by atoms with van der Waals surface area (Å²) < 4.78 is 0. The van der Waals surface area contributed by atoms with Gasteiger partial charge in [-0.3, -0.25) is 9.59 Å². The maximum atomic E-state index is 12.2. The first-order valence-corrected chi connectivity index (χ1v) is 8.26. The van der Waals surface area contributed by atoms with Gasteiger partial charge in [-0.05, 0) is 43.7 Å². The van der Waals surface area contributed by atoms with Crippen LogP contribution < -0.4 is 5.32 Å². The fraction of sp³-hybridized carbons (Fsp3) is 0.625. The van der Waals surface area contributed by atoms with Crippen LogP contribution in [-0.2, 0) is 16.1 Å². The minimum atomic E-state index is -0.797. The van der Waals surface area contributed by atoms with Crippen LogP contribution in [0.1, 0.15) is 53.8 Å². The first kappa shape index (κ1) is 16.0. The smallest absolute Gasteiger partial charge is 0.303 e. The predicted molar refractivity (Wildman–Crippen MR) is 83.4 cm³/mol. The van der Waals surface area contributed by atoms with Crippen LogP contribution in [0, 0.1) is 19.3 Å². The molecule has 1 aliphatic carbocycles. The molecule has 0 aromatic carbocycles. The number of aliphatic carboxylic acids is 1. The molecule has 0 unspecified atom stereocenters. The van der Waals surface area contributed by atoms with Crippen molar-refractivity contribution >= 4 is 23.2 Å². The average molecular weight is 309 g/mol. The van der Waals surface area contributed by atoms with E-state index in [-0.39, 0.29) is 17.7 Å². The molecule has 1 fully saturated rings. The predicted octanol–water partition coefficient (Wildman–Crippen LogP) is 3.41. The third kappa shape index (κ3) is 4.30. The van der Waals surface area contributed by atoms with Crippen molar-refractivity contribution < 1.29 is 14.7 Å². The van der Waals surface area contributed by atoms with Crippen LogP contribution in [0.3, 0.4) is 0 Å². The number of nitrogens with one attached hydrogen (secondary N) is 1. The summed E-state index contributed by atoms with van der Waals surface area (Å²) in [5, 5.41) is 12.0. The molecule has 4 nitrogen and oxygen atoms in total. The molecule has 0 bridgehead atoms. The third-order valence-corrected chi connectivity index (χ3v) is 5.56. The molecular formula is C16H23NO3S. The number of carboxylic acids is 1. The van der Waals surface area contributed by atoms with Crippen LogP contribution in [0.25, 0.3) is 0 Å². The Hall–Kier alpha value is -1.36. The van der Waals surface area contributed by atoms with Crippen molar-refractivity contribution in [1.82, 2.24) is 5.32 Å². The van der Waals surface area contributed by atoms with Crippen LogP contribution in [0.4, 0.5) is 0 Å². The van der Waals surface area contributed by atoms with Crippen LogP contribution >= 0.6 is 11.3 Å². The largest absolute Gasteiger partial charge is 0.481 e. The Kier molecular flexibility index (Phi) is 5.04. The van der Waals surface area contributed by atoms with Crippen molar-refractivity contribution in [2.45, 2.75) is 58.9 Å². The van der Waals surface area contributed by atoms with E-state index in [1.807, 2.05) is 0 Å². The van der Waals surface area contributed by atoms with E-state index in [1.165, 1.54) is 10.4 Å². The molecule has 21 heavy (non-hydrogen) atoms. The normalized spacial score (nSPS) is 16.9. The minimum absolute atomic E-state index is 0.0261. The molecule has 0 saturated heterocycles. The SMILES string of the molecule is Cc1cc(CNC(=O)CC2(CC(=O)O)CCCC2)sc1C. The third-order valence-electron chi connectivity index (χ3n) is 4.40. The maximum absolute atomic E-state index is 12.2. The molecule has 0 atom stereocenters. The van der Waals surface area contributed by atoms with Gasteiger partial charge in [-0.2, -0.15) is 0 Å². The number of amides is 1. The van der Waals surface area contributed by atoms with Crippen LogP contribution in [0.5, 0.6) is 0 Å². The fourth-order valence-corrected chi connectivity index (χ4v) is 4.18. The molecule has 5 heteroatoms. The van der Waals surface area contributed by atoms with E-state index in [9.17, 15) is 9.59 Å². The van der Waals surface area contributed by atoms with Crippen LogP contribution in [-0.4, -0.2) is 17.0 Å². The lowest BCUT2D eigenvalue weighted by atomic mass is 9.79. The first-order chi connectivity index (χ1) is 9.90. The molecule has 1 aromatic rings. The summed E-state index contributed by atoms with van der Waals surface area (Å²) in [6.45, 7) is 4.69. The van der Waals surface area contributed by atoms with Gasteiger partial charge in [-0.1, -0.05) is 12.8 Å². The molecule has 1 aromatic heterocycles. The van der Waals surface area contributed by atoms with Crippen LogP contribution in [0.2, 0.25) is 0 Å². The average Bonchev–Trinajstić information content (AvgIpc) is 2.94. The van der Waals surface area contributed by atoms with Gasteiger partial charge >= 0.3 is 5.97 Å². The highest BCUT2D eigenvalue weighted by Crippen LogP contribution is 2.44. The number of hydrogen-bond acceptors (Lipinski definition) is 3. The van der Waals surface area contributed by atoms with Gasteiger partial charge in [0, 0.05) is 16.2 Å². The van der Waals surface area contributed by atoms with E-state index >= 15 is 0 Å². The number of carboxylic acid groups (broad SMARTS) is 1. The number of hydrogen-bond donors (Lipinski definition) is 2. The Balaban J connectivity index is 1.89. The summed E-state index contributed by atoms with van der Waals surface area (Å²) in [7, 11) is 0. The highest BCUT2D eigenvalue weighted by molar-refractivity contribution is 7.12. The van der Waals surface area contributed by atoms with E-state index < -0.39 is 5.97 Å². The molecule has 1 saturated carbocycles. The number of aryl methyl sites for hydroxylation is 2. The van der Waals surface area contributed by atoms with Gasteiger partial charge in [0.25, 0.3) is 0 Å². The highest BCUT2D eigenvalue weighted by atomic mass is 32.1. The fourth-order valence-electron chi connectivity index (χ4n) is 3.19. The van der Waals surface area contributed by atoms with Crippen molar-refractivity contribution in [2.75, 3.05) is 0 Å². The van der Waals surface area contributed by atoms with Gasteiger partial charge in [0.2, 0.25) is 5.91 Å². The quantitative estimate of drug-likeness (QED) is 0.846. The second-order valence-electron chi connectivity index (χ2n) is 6.18. The van der Waals surface area contributed by atoms with Crippen molar-refractivity contribution in [3.05, 3.63) is 21.4 Å². The zero-order chi connectivity index (χ0) is 15.5. The molecule has 0 aliphatic heterocycles. The Morgan fingerprint density at radius 1 is 1.29 bits per heavy atom. The van der Waals surface area contributed by atoms with E-state index in [1.54, 1.807) is 11.3 Å². The molecule has 0 radical (unpaired) electrons. The highest BCUT2D eigenvalue weighted by Gasteiger charge is 2.37. The van der Waals surface area contributed by atoms with Gasteiger partial charge in [0.15, 0.2) is 0 Å². The molecule has 1 aliphatic rings. The second kappa shape index (κ2) is 6.60. The molecule has 2 rings (SSSR count). The summed E-state index contributed by atoms with van der Waals surface area (Å²) in [4.78, 5) is 25.6. The van der Waals surface area contributed by atoms with Gasteiger partial charge in [0.05, 0.1) is 13.0 Å². The van der Waals surface area contributed by atoms with Crippen molar-refractivity contribution in [1.29, 1.82) is 0 Å². The lowest BCUT2D eigenvalue weighted by Crippen LogP contribution is -2.31. The van der Waals surface area contributed by atoms with E-state index in [0.717, 1.165) is 30.6 Å². The topological polar surface area (TPSA) is 66.4 Å². The van der Waals surface area contributed by atoms with E-state index in [2.05, 4.69) is 25.2 Å². The summed E-state index contributed by atoms with van der Waals surface area (Å²) in [6.07, 6.45) is 4.21. The first-order valence-electron chi connectivity index (χ1n) is 7.45. The molecule has 1 heterocycles. The lowest BCUT2D eigenvalue weighted by Gasteiger charge is -2.26. The molecule has 116 valence electrons. The number of carbonyl (C=O) groups is 2. The molecule has 1 amide bonds. The minimum Gasteiger partial charge on any atom is -0.481 e. The monoisotopic (exact) mass is 309 g/mol. The molecular weight excluding hydrogens is 286 g/mol. The summed E-state index contributed by atoms with van der Waals surface area (Å²) in [5.74, 6) is -0.823. The van der Waals surface area contributed by atoms with Gasteiger partial charge in [-0.15, -0.1) is 11.3 Å². The number of carbonyl (C=O) groups excluding carboxylic acids is 1. The Morgan fingerprint density at radius 3 is 2.48 bits per heavy atom. The molecule has 2 N–H and O–H groups in total. The zero-order valence-electron chi connectivity index (χ0n) is 12.7. The summed E-state index contributed by atoms with van der Waals surface area (Å²) >= 11 is 1.70. The van der Waals surface area contributed by atoms with Crippen molar-refractivity contribution in [2.24, 2.45) is 5.41 Å². The maximum Gasteiger partial charge on any atom is 0.303 e. The van der Waals surface area contributed by atoms with E-state index in [0.29, 0.717) is 13.0 Å². The number of rotatable bonds is 6. The van der Waals surface area contributed by atoms with Crippen LogP contribution in [0.15, 0.2) is 6.07 Å². The summed E-state index contributed by atoms with van der Waals surface area (Å²) in [6, 6.07) is 2.10. The Labute approximate surface area is 129 Å². The summed E-state index contributed by atoms with van der Waals surface area (Å²) in [5.41, 5.74) is 0.930. The zero-order valence-corrected chi connectivity index (χ0v) is 13.5. The Morgan fingerprint density at radius 2 is 1.95 bits per heavy atom. The Bertz CT molecular complexity index is 510. The lowest BCUT2D eigenvalue weighted by molar-refractivity contribution is -0.140. The second-order valence-corrected chi connectivity index (χ2v) is 7.52.